The molecule has 5 heteroatoms. The number of nitrogens with zero attached hydrogens (tertiary/aromatic N) is 1. The smallest absolute Gasteiger partial charge is 0.213 e. The van der Waals surface area contributed by atoms with Crippen LogP contribution in [-0.4, -0.2) is 18.0 Å². The third kappa shape index (κ3) is 3.12. The van der Waals surface area contributed by atoms with Gasteiger partial charge in [0.25, 0.3) is 0 Å². The minimum absolute atomic E-state index is 0.0325. The topological polar surface area (TPSA) is 70.3 Å². The van der Waals surface area contributed by atoms with Gasteiger partial charge in [-0.1, -0.05) is 6.07 Å². The van der Waals surface area contributed by atoms with Crippen molar-refractivity contribution >= 4 is 23.2 Å². The molecule has 0 unspecified atom stereocenters. The van der Waals surface area contributed by atoms with Crippen LogP contribution in [0.4, 0.5) is 0 Å². The first-order chi connectivity index (χ1) is 10.1. The molecular weight excluding hydrogens is 286 g/mol. The summed E-state index contributed by atoms with van der Waals surface area (Å²) in [5, 5.41) is 20.7. The highest BCUT2D eigenvalue weighted by atomic mass is 32.1. The number of nitriles is 1. The van der Waals surface area contributed by atoms with Crippen LogP contribution in [0, 0.1) is 18.3 Å². The van der Waals surface area contributed by atoms with Crippen LogP contribution in [0.15, 0.2) is 35.2 Å². The van der Waals surface area contributed by atoms with Crippen molar-refractivity contribution in [3.05, 3.63) is 51.2 Å². The maximum atomic E-state index is 12.3. The fourth-order valence-electron chi connectivity index (χ4n) is 1.84. The number of hydrogen-bond donors (Lipinski definition) is 1. The molecule has 1 N–H and O–H groups in total. The summed E-state index contributed by atoms with van der Waals surface area (Å²) in [6, 6.07) is 8.46. The molecule has 0 saturated heterocycles. The maximum absolute atomic E-state index is 12.3. The molecule has 0 atom stereocenters. The summed E-state index contributed by atoms with van der Waals surface area (Å²) in [6.45, 7) is 1.83. The third-order valence-corrected chi connectivity index (χ3v) is 3.96. The molecule has 1 aromatic carbocycles. The van der Waals surface area contributed by atoms with Crippen LogP contribution in [0.5, 0.6) is 11.5 Å². The van der Waals surface area contributed by atoms with Gasteiger partial charge in [-0.2, -0.15) is 5.26 Å². The third-order valence-electron chi connectivity index (χ3n) is 2.95. The Morgan fingerprint density at radius 2 is 2.19 bits per heavy atom. The maximum Gasteiger partial charge on any atom is 0.213 e. The molecule has 0 spiro atoms. The van der Waals surface area contributed by atoms with Gasteiger partial charge in [0.05, 0.1) is 12.0 Å². The number of carbonyl (C=O) groups excluding carboxylic acids is 1. The molecule has 0 radical (unpaired) electrons. The summed E-state index contributed by atoms with van der Waals surface area (Å²) >= 11 is 1.31. The average Bonchev–Trinajstić information content (AvgIpc) is 2.90. The summed E-state index contributed by atoms with van der Waals surface area (Å²) in [5.74, 6) is -0.00492. The molecule has 1 aromatic heterocycles. The summed E-state index contributed by atoms with van der Waals surface area (Å²) in [7, 11) is 1.45. The van der Waals surface area contributed by atoms with Crippen molar-refractivity contribution in [3.63, 3.8) is 0 Å². The van der Waals surface area contributed by atoms with E-state index in [-0.39, 0.29) is 17.1 Å². The highest BCUT2D eigenvalue weighted by molar-refractivity contribution is 7.12. The highest BCUT2D eigenvalue weighted by Gasteiger charge is 2.16. The van der Waals surface area contributed by atoms with Gasteiger partial charge in [-0.25, -0.2) is 0 Å². The molecule has 0 aliphatic rings. The number of ether oxygens (including phenoxy) is 1. The van der Waals surface area contributed by atoms with E-state index in [1.807, 2.05) is 24.4 Å². The summed E-state index contributed by atoms with van der Waals surface area (Å²) < 4.78 is 4.95. The van der Waals surface area contributed by atoms with E-state index in [0.29, 0.717) is 16.2 Å². The molecule has 0 aliphatic heterocycles. The molecule has 2 rings (SSSR count). The van der Waals surface area contributed by atoms with Gasteiger partial charge in [-0.3, -0.25) is 4.79 Å². The van der Waals surface area contributed by atoms with Crippen molar-refractivity contribution in [2.45, 2.75) is 6.92 Å². The predicted molar refractivity (Wildman–Crippen MR) is 81.6 cm³/mol. The first-order valence-electron chi connectivity index (χ1n) is 6.14. The van der Waals surface area contributed by atoms with Crippen LogP contribution in [0.25, 0.3) is 6.08 Å². The van der Waals surface area contributed by atoms with Crippen LogP contribution in [0.2, 0.25) is 0 Å². The standard InChI is InChI=1S/C16H13NO3S/c1-10-5-6-21-16(10)15(19)12(9-17)7-11-3-4-14(20-2)13(18)8-11/h3-8,18H,1-2H3. The SMILES string of the molecule is COc1ccc(C=C(C#N)C(=O)c2sccc2C)cc1O. The summed E-state index contributed by atoms with van der Waals surface area (Å²) in [5.41, 5.74) is 1.45. The average molecular weight is 299 g/mol. The Labute approximate surface area is 126 Å². The number of ketones is 1. The first kappa shape index (κ1) is 14.8. The van der Waals surface area contributed by atoms with Gasteiger partial charge < -0.3 is 9.84 Å². The van der Waals surface area contributed by atoms with Crippen molar-refractivity contribution in [3.8, 4) is 17.6 Å². The fourth-order valence-corrected chi connectivity index (χ4v) is 2.72. The predicted octanol–water partition coefficient (Wildman–Crippen LogP) is 3.56. The lowest BCUT2D eigenvalue weighted by Crippen LogP contribution is -2.01. The number of carbonyl (C=O) groups is 1. The molecule has 4 nitrogen and oxygen atoms in total. The van der Waals surface area contributed by atoms with Gasteiger partial charge >= 0.3 is 0 Å². The Hall–Kier alpha value is -2.58. The number of phenolic OH excluding ortho intramolecular Hbond substituents is 1. The number of benzene rings is 1. The fraction of sp³-hybridized carbons (Fsp3) is 0.125. The number of aryl methyl sites for hydroxylation is 1. The van der Waals surface area contributed by atoms with Crippen molar-refractivity contribution < 1.29 is 14.6 Å². The van der Waals surface area contributed by atoms with Crippen molar-refractivity contribution in [1.82, 2.24) is 0 Å². The highest BCUT2D eigenvalue weighted by Crippen LogP contribution is 2.28. The van der Waals surface area contributed by atoms with Gasteiger partial charge in [-0.15, -0.1) is 11.3 Å². The summed E-state index contributed by atoms with van der Waals surface area (Å²) in [6.07, 6.45) is 1.46. The number of phenols is 1. The van der Waals surface area contributed by atoms with Crippen LogP contribution in [-0.2, 0) is 0 Å². The van der Waals surface area contributed by atoms with Crippen molar-refractivity contribution in [1.29, 1.82) is 5.26 Å². The zero-order valence-electron chi connectivity index (χ0n) is 11.6. The van der Waals surface area contributed by atoms with E-state index in [4.69, 9.17) is 4.74 Å². The summed E-state index contributed by atoms with van der Waals surface area (Å²) in [4.78, 5) is 12.9. The number of methoxy groups -OCH3 is 1. The van der Waals surface area contributed by atoms with E-state index in [1.165, 1.54) is 30.6 Å². The van der Waals surface area contributed by atoms with Crippen molar-refractivity contribution in [2.75, 3.05) is 7.11 Å². The number of hydrogen-bond acceptors (Lipinski definition) is 5. The van der Waals surface area contributed by atoms with E-state index in [0.717, 1.165) is 5.56 Å². The molecule has 1 heterocycles. The number of Topliss-reactive ketones (excluding diaryl/α,β-unsaturated/α-hetero) is 1. The molecule has 0 fully saturated rings. The van der Waals surface area contributed by atoms with Crippen LogP contribution in [0.1, 0.15) is 20.8 Å². The van der Waals surface area contributed by atoms with E-state index in [2.05, 4.69) is 0 Å². The second-order valence-corrected chi connectivity index (χ2v) is 5.28. The second-order valence-electron chi connectivity index (χ2n) is 4.36. The Morgan fingerprint density at radius 3 is 2.71 bits per heavy atom. The molecule has 2 aromatic rings. The molecule has 0 bridgehead atoms. The van der Waals surface area contributed by atoms with Gasteiger partial charge in [0.2, 0.25) is 5.78 Å². The zero-order chi connectivity index (χ0) is 15.4. The van der Waals surface area contributed by atoms with Crippen LogP contribution in [0.3, 0.4) is 0 Å². The largest absolute Gasteiger partial charge is 0.504 e. The molecule has 106 valence electrons. The van der Waals surface area contributed by atoms with E-state index in [1.54, 1.807) is 12.1 Å². The lowest BCUT2D eigenvalue weighted by Gasteiger charge is -2.04. The number of thiophene rings is 1. The van der Waals surface area contributed by atoms with Crippen LogP contribution < -0.4 is 4.74 Å². The minimum atomic E-state index is -0.305. The second kappa shape index (κ2) is 6.25. The van der Waals surface area contributed by atoms with Gasteiger partial charge in [0, 0.05) is 0 Å². The Kier molecular flexibility index (Phi) is 4.41. The minimum Gasteiger partial charge on any atom is -0.504 e. The normalized spacial score (nSPS) is 11.0. The Morgan fingerprint density at radius 1 is 1.43 bits per heavy atom. The van der Waals surface area contributed by atoms with E-state index >= 15 is 0 Å². The van der Waals surface area contributed by atoms with Crippen molar-refractivity contribution in [2.24, 2.45) is 0 Å². The Balaban J connectivity index is 2.38. The molecular formula is C16H13NO3S. The molecule has 0 amide bonds. The Bertz CT molecular complexity index is 753. The molecule has 0 aliphatic carbocycles. The van der Waals surface area contributed by atoms with Gasteiger partial charge in [0.15, 0.2) is 11.5 Å². The number of rotatable bonds is 4. The monoisotopic (exact) mass is 299 g/mol. The molecule has 21 heavy (non-hydrogen) atoms. The lowest BCUT2D eigenvalue weighted by atomic mass is 10.1. The van der Waals surface area contributed by atoms with Crippen LogP contribution >= 0.6 is 11.3 Å². The number of allylic oxidation sites excluding steroid dienone is 1. The van der Waals surface area contributed by atoms with E-state index in [9.17, 15) is 15.2 Å². The quantitative estimate of drug-likeness (QED) is 0.532. The zero-order valence-corrected chi connectivity index (χ0v) is 12.4. The van der Waals surface area contributed by atoms with Gasteiger partial charge in [0.1, 0.15) is 11.6 Å². The number of aromatic hydroxyl groups is 1. The molecule has 0 saturated carbocycles. The van der Waals surface area contributed by atoms with Gasteiger partial charge in [-0.05, 0) is 47.7 Å². The van der Waals surface area contributed by atoms with E-state index < -0.39 is 0 Å². The lowest BCUT2D eigenvalue weighted by molar-refractivity contribution is 0.104. The first-order valence-corrected chi connectivity index (χ1v) is 7.02.